The van der Waals surface area contributed by atoms with E-state index in [0.29, 0.717) is 16.8 Å². The molecule has 1 aromatic rings. The van der Waals surface area contributed by atoms with E-state index in [1.54, 1.807) is 0 Å². The third-order valence-corrected chi connectivity index (χ3v) is 2.98. The molecule has 1 aliphatic rings. The lowest BCUT2D eigenvalue weighted by atomic mass is 10.2. The fourth-order valence-electron chi connectivity index (χ4n) is 1.14. The van der Waals surface area contributed by atoms with Gasteiger partial charge in [-0.2, -0.15) is 13.2 Å². The number of hydrogen-bond acceptors (Lipinski definition) is 2. The van der Waals surface area contributed by atoms with Gasteiger partial charge >= 0.3 is 6.18 Å². The van der Waals surface area contributed by atoms with Crippen molar-refractivity contribution in [3.63, 3.8) is 0 Å². The average Bonchev–Trinajstić information content (AvgIpc) is 2.98. The van der Waals surface area contributed by atoms with Crippen LogP contribution in [-0.4, -0.2) is 19.3 Å². The number of alkyl halides is 3. The van der Waals surface area contributed by atoms with Gasteiger partial charge in [0.15, 0.2) is 0 Å². The van der Waals surface area contributed by atoms with E-state index in [2.05, 4.69) is 0 Å². The number of epoxide rings is 1. The molecule has 0 N–H and O–H groups in total. The van der Waals surface area contributed by atoms with E-state index < -0.39 is 11.7 Å². The molecular formula is C10H8F3IO2. The molecule has 1 atom stereocenters. The summed E-state index contributed by atoms with van der Waals surface area (Å²) in [6.45, 7) is 0.923. The Labute approximate surface area is 104 Å². The van der Waals surface area contributed by atoms with Gasteiger partial charge in [0.05, 0.1) is 15.7 Å². The van der Waals surface area contributed by atoms with Crippen molar-refractivity contribution in [3.05, 3.63) is 27.3 Å². The molecular weight excluding hydrogens is 336 g/mol. The van der Waals surface area contributed by atoms with E-state index in [4.69, 9.17) is 9.47 Å². The third kappa shape index (κ3) is 3.00. The van der Waals surface area contributed by atoms with Crippen LogP contribution in [0.25, 0.3) is 0 Å². The lowest BCUT2D eigenvalue weighted by Gasteiger charge is -2.11. The summed E-state index contributed by atoms with van der Waals surface area (Å²) in [7, 11) is 0. The maximum absolute atomic E-state index is 12.4. The van der Waals surface area contributed by atoms with Crippen LogP contribution in [0.4, 0.5) is 13.2 Å². The molecule has 1 saturated heterocycles. The second-order valence-electron chi connectivity index (χ2n) is 3.41. The Morgan fingerprint density at radius 2 is 2.12 bits per heavy atom. The van der Waals surface area contributed by atoms with Crippen LogP contribution in [0.3, 0.4) is 0 Å². The highest BCUT2D eigenvalue weighted by Crippen LogP contribution is 2.33. The summed E-state index contributed by atoms with van der Waals surface area (Å²) in [6.07, 6.45) is -4.30. The van der Waals surface area contributed by atoms with Gasteiger partial charge < -0.3 is 9.47 Å². The second-order valence-corrected chi connectivity index (χ2v) is 4.57. The van der Waals surface area contributed by atoms with Crippen molar-refractivity contribution in [2.75, 3.05) is 13.2 Å². The zero-order chi connectivity index (χ0) is 11.8. The molecule has 1 fully saturated rings. The first-order chi connectivity index (χ1) is 7.47. The lowest BCUT2D eigenvalue weighted by molar-refractivity contribution is -0.137. The number of benzene rings is 1. The van der Waals surface area contributed by atoms with Gasteiger partial charge in [-0.3, -0.25) is 0 Å². The van der Waals surface area contributed by atoms with Crippen LogP contribution in [-0.2, 0) is 10.9 Å². The summed E-state index contributed by atoms with van der Waals surface area (Å²) in [5.74, 6) is 0.255. The van der Waals surface area contributed by atoms with Crippen molar-refractivity contribution >= 4 is 22.6 Å². The molecule has 0 amide bonds. The summed E-state index contributed by atoms with van der Waals surface area (Å²) >= 11 is 1.94. The molecule has 0 bridgehead atoms. The van der Waals surface area contributed by atoms with E-state index in [-0.39, 0.29) is 11.9 Å². The minimum Gasteiger partial charge on any atom is -0.490 e. The quantitative estimate of drug-likeness (QED) is 0.621. The van der Waals surface area contributed by atoms with Crippen LogP contribution in [0.2, 0.25) is 0 Å². The van der Waals surface area contributed by atoms with Gasteiger partial charge in [-0.25, -0.2) is 0 Å². The van der Waals surface area contributed by atoms with Gasteiger partial charge in [0.2, 0.25) is 0 Å². The Morgan fingerprint density at radius 1 is 1.44 bits per heavy atom. The molecule has 6 heteroatoms. The normalized spacial score (nSPS) is 19.6. The van der Waals surface area contributed by atoms with Crippen LogP contribution in [0.1, 0.15) is 5.56 Å². The highest BCUT2D eigenvalue weighted by molar-refractivity contribution is 14.1. The summed E-state index contributed by atoms with van der Waals surface area (Å²) < 4.78 is 48.1. The predicted molar refractivity (Wildman–Crippen MR) is 59.4 cm³/mol. The Hall–Kier alpha value is -0.500. The first kappa shape index (κ1) is 12.0. The largest absolute Gasteiger partial charge is 0.490 e. The van der Waals surface area contributed by atoms with E-state index in [1.165, 1.54) is 6.07 Å². The molecule has 0 saturated carbocycles. The van der Waals surface area contributed by atoms with Gasteiger partial charge in [0.1, 0.15) is 18.5 Å². The Kier molecular flexibility index (Phi) is 3.29. The fraction of sp³-hybridized carbons (Fsp3) is 0.400. The van der Waals surface area contributed by atoms with Gasteiger partial charge in [0.25, 0.3) is 0 Å². The highest BCUT2D eigenvalue weighted by Gasteiger charge is 2.31. The van der Waals surface area contributed by atoms with Crippen LogP contribution < -0.4 is 4.74 Å². The molecule has 88 valence electrons. The SMILES string of the molecule is FC(F)(F)c1ccc(I)c(OCC2CO2)c1. The van der Waals surface area contributed by atoms with Crippen LogP contribution >= 0.6 is 22.6 Å². The summed E-state index contributed by atoms with van der Waals surface area (Å²) in [6, 6.07) is 3.46. The monoisotopic (exact) mass is 344 g/mol. The van der Waals surface area contributed by atoms with Crippen molar-refractivity contribution in [1.82, 2.24) is 0 Å². The zero-order valence-electron chi connectivity index (χ0n) is 8.05. The van der Waals surface area contributed by atoms with Crippen LogP contribution in [0.15, 0.2) is 18.2 Å². The van der Waals surface area contributed by atoms with Gasteiger partial charge in [-0.1, -0.05) is 0 Å². The molecule has 2 nitrogen and oxygen atoms in total. The highest BCUT2D eigenvalue weighted by atomic mass is 127. The predicted octanol–water partition coefficient (Wildman–Crippen LogP) is 3.09. The molecule has 1 aromatic carbocycles. The topological polar surface area (TPSA) is 21.8 Å². The van der Waals surface area contributed by atoms with E-state index in [9.17, 15) is 13.2 Å². The standard InChI is InChI=1S/C10H8F3IO2/c11-10(12,13)6-1-2-8(14)9(3-6)16-5-7-4-15-7/h1-3,7H,4-5H2. The molecule has 16 heavy (non-hydrogen) atoms. The molecule has 1 heterocycles. The maximum atomic E-state index is 12.4. The van der Waals surface area contributed by atoms with Crippen molar-refractivity contribution in [3.8, 4) is 5.75 Å². The lowest BCUT2D eigenvalue weighted by Crippen LogP contribution is -2.08. The summed E-state index contributed by atoms with van der Waals surface area (Å²) in [5, 5.41) is 0. The summed E-state index contributed by atoms with van der Waals surface area (Å²) in [5.41, 5.74) is -0.695. The van der Waals surface area contributed by atoms with Crippen molar-refractivity contribution in [2.24, 2.45) is 0 Å². The van der Waals surface area contributed by atoms with Gasteiger partial charge in [-0.15, -0.1) is 0 Å². The number of rotatable bonds is 3. The van der Waals surface area contributed by atoms with Gasteiger partial charge in [-0.05, 0) is 40.8 Å². The second kappa shape index (κ2) is 4.40. The molecule has 0 aromatic heterocycles. The fourth-order valence-corrected chi connectivity index (χ4v) is 1.63. The van der Waals surface area contributed by atoms with Crippen LogP contribution in [0.5, 0.6) is 5.75 Å². The van der Waals surface area contributed by atoms with Gasteiger partial charge in [0, 0.05) is 0 Å². The molecule has 0 aliphatic carbocycles. The Balaban J connectivity index is 2.14. The molecule has 0 spiro atoms. The molecule has 1 unspecified atom stereocenters. The number of ether oxygens (including phenoxy) is 2. The minimum absolute atomic E-state index is 0.0327. The Morgan fingerprint density at radius 3 is 2.69 bits per heavy atom. The van der Waals surface area contributed by atoms with E-state index in [0.717, 1.165) is 12.1 Å². The number of hydrogen-bond donors (Lipinski definition) is 0. The first-order valence-corrected chi connectivity index (χ1v) is 5.66. The maximum Gasteiger partial charge on any atom is 0.416 e. The van der Waals surface area contributed by atoms with Crippen molar-refractivity contribution < 1.29 is 22.6 Å². The first-order valence-electron chi connectivity index (χ1n) is 4.58. The van der Waals surface area contributed by atoms with Crippen LogP contribution in [0, 0.1) is 3.57 Å². The summed E-state index contributed by atoms with van der Waals surface area (Å²) in [4.78, 5) is 0. The average molecular weight is 344 g/mol. The van der Waals surface area contributed by atoms with E-state index >= 15 is 0 Å². The minimum atomic E-state index is -4.33. The third-order valence-electron chi connectivity index (χ3n) is 2.09. The zero-order valence-corrected chi connectivity index (χ0v) is 10.2. The van der Waals surface area contributed by atoms with Crippen molar-refractivity contribution in [1.29, 1.82) is 0 Å². The molecule has 2 rings (SSSR count). The number of halogens is 4. The molecule has 0 radical (unpaired) electrons. The molecule has 1 aliphatic heterocycles. The smallest absolute Gasteiger partial charge is 0.416 e. The van der Waals surface area contributed by atoms with E-state index in [1.807, 2.05) is 22.6 Å². The Bertz CT molecular complexity index is 388. The van der Waals surface area contributed by atoms with Crippen molar-refractivity contribution in [2.45, 2.75) is 12.3 Å².